The number of nitrogens with one attached hydrogen (secondary N) is 2. The maximum absolute atomic E-state index is 12.6. The van der Waals surface area contributed by atoms with Gasteiger partial charge in [-0.3, -0.25) is 4.79 Å². The normalized spacial score (nSPS) is 10.8. The topological polar surface area (TPSA) is 73.4 Å². The van der Waals surface area contributed by atoms with Crippen LogP contribution in [0.2, 0.25) is 0 Å². The number of carbonyl (C=O) groups is 1. The molecule has 0 unspecified atom stereocenters. The van der Waals surface area contributed by atoms with Crippen LogP contribution in [0.3, 0.4) is 0 Å². The van der Waals surface area contributed by atoms with Crippen LogP contribution in [0, 0.1) is 6.92 Å². The van der Waals surface area contributed by atoms with Crippen molar-refractivity contribution < 1.29 is 4.79 Å². The summed E-state index contributed by atoms with van der Waals surface area (Å²) in [4.78, 5) is 25.7. The molecule has 1 heterocycles. The van der Waals surface area contributed by atoms with E-state index in [4.69, 9.17) is 0 Å². The van der Waals surface area contributed by atoms with Crippen molar-refractivity contribution in [1.29, 1.82) is 0 Å². The molecular formula is C21H32N6O. The van der Waals surface area contributed by atoms with Gasteiger partial charge in [-0.1, -0.05) is 0 Å². The van der Waals surface area contributed by atoms with Crippen molar-refractivity contribution in [2.24, 2.45) is 0 Å². The Morgan fingerprint density at radius 3 is 2.36 bits per heavy atom. The van der Waals surface area contributed by atoms with Gasteiger partial charge in [0, 0.05) is 36.7 Å². The number of anilines is 3. The van der Waals surface area contributed by atoms with Gasteiger partial charge in [-0.25, -0.2) is 9.97 Å². The van der Waals surface area contributed by atoms with E-state index >= 15 is 0 Å². The fourth-order valence-electron chi connectivity index (χ4n) is 2.90. The van der Waals surface area contributed by atoms with Crippen LogP contribution in [0.5, 0.6) is 0 Å². The molecule has 7 nitrogen and oxygen atoms in total. The van der Waals surface area contributed by atoms with E-state index in [1.54, 1.807) is 6.07 Å². The molecule has 0 radical (unpaired) electrons. The van der Waals surface area contributed by atoms with Gasteiger partial charge in [0.1, 0.15) is 5.69 Å². The molecule has 152 valence electrons. The smallest absolute Gasteiger partial charge is 0.274 e. The highest BCUT2D eigenvalue weighted by Crippen LogP contribution is 2.18. The first kappa shape index (κ1) is 21.6. The van der Waals surface area contributed by atoms with Crippen molar-refractivity contribution in [2.75, 3.05) is 55.8 Å². The number of aryl methyl sites for hydroxylation is 1. The summed E-state index contributed by atoms with van der Waals surface area (Å²) in [6.45, 7) is 9.76. The van der Waals surface area contributed by atoms with Crippen molar-refractivity contribution in [3.05, 3.63) is 41.7 Å². The number of carbonyl (C=O) groups excluding carboxylic acids is 1. The van der Waals surface area contributed by atoms with Crippen molar-refractivity contribution in [3.8, 4) is 0 Å². The van der Waals surface area contributed by atoms with Gasteiger partial charge in [-0.2, -0.15) is 0 Å². The van der Waals surface area contributed by atoms with Gasteiger partial charge in [0.15, 0.2) is 0 Å². The Morgan fingerprint density at radius 2 is 1.75 bits per heavy atom. The third kappa shape index (κ3) is 6.49. The Labute approximate surface area is 168 Å². The molecule has 0 aliphatic heterocycles. The first-order valence-corrected chi connectivity index (χ1v) is 9.83. The number of hydrogen-bond donors (Lipinski definition) is 2. The van der Waals surface area contributed by atoms with E-state index in [1.807, 2.05) is 45.3 Å². The third-order valence-electron chi connectivity index (χ3n) is 4.41. The molecule has 28 heavy (non-hydrogen) atoms. The molecule has 2 rings (SSSR count). The van der Waals surface area contributed by atoms with Gasteiger partial charge in [0.2, 0.25) is 5.95 Å². The lowest BCUT2D eigenvalue weighted by atomic mass is 10.2. The van der Waals surface area contributed by atoms with Crippen LogP contribution < -0.4 is 15.5 Å². The number of aromatic nitrogens is 2. The summed E-state index contributed by atoms with van der Waals surface area (Å²) in [7, 11) is 4.08. The van der Waals surface area contributed by atoms with E-state index < -0.39 is 0 Å². The zero-order valence-electron chi connectivity index (χ0n) is 17.6. The van der Waals surface area contributed by atoms with E-state index in [0.29, 0.717) is 11.6 Å². The lowest BCUT2D eigenvalue weighted by Crippen LogP contribution is -2.21. The second-order valence-corrected chi connectivity index (χ2v) is 6.98. The number of amides is 1. The maximum Gasteiger partial charge on any atom is 0.274 e. The van der Waals surface area contributed by atoms with Crippen molar-refractivity contribution >= 4 is 23.2 Å². The van der Waals surface area contributed by atoms with Gasteiger partial charge in [0.25, 0.3) is 5.91 Å². The minimum Gasteiger partial charge on any atom is -0.372 e. The van der Waals surface area contributed by atoms with Crippen molar-refractivity contribution in [3.63, 3.8) is 0 Å². The number of nitrogens with zero attached hydrogens (tertiary/aromatic N) is 4. The first-order chi connectivity index (χ1) is 13.4. The second-order valence-electron chi connectivity index (χ2n) is 6.98. The van der Waals surface area contributed by atoms with E-state index in [2.05, 4.69) is 44.2 Å². The minimum absolute atomic E-state index is 0.238. The summed E-state index contributed by atoms with van der Waals surface area (Å²) in [5, 5.41) is 6.11. The molecule has 0 bridgehead atoms. The zero-order chi connectivity index (χ0) is 20.5. The summed E-state index contributed by atoms with van der Waals surface area (Å²) in [6.07, 6.45) is 0.977. The molecule has 0 atom stereocenters. The fourth-order valence-corrected chi connectivity index (χ4v) is 2.90. The van der Waals surface area contributed by atoms with Crippen LogP contribution in [-0.4, -0.2) is 61.0 Å². The summed E-state index contributed by atoms with van der Waals surface area (Å²) < 4.78 is 0. The minimum atomic E-state index is -0.238. The molecule has 0 saturated heterocycles. The highest BCUT2D eigenvalue weighted by Gasteiger charge is 2.11. The van der Waals surface area contributed by atoms with Crippen molar-refractivity contribution in [2.45, 2.75) is 27.2 Å². The Kier molecular flexibility index (Phi) is 8.19. The number of hydrogen-bond acceptors (Lipinski definition) is 6. The van der Waals surface area contributed by atoms with Gasteiger partial charge in [-0.05, 0) is 78.2 Å². The molecule has 2 aromatic rings. The first-order valence-electron chi connectivity index (χ1n) is 9.83. The molecule has 7 heteroatoms. The molecule has 0 aliphatic rings. The summed E-state index contributed by atoms with van der Waals surface area (Å²) in [6, 6.07) is 9.57. The Bertz CT molecular complexity index is 756. The summed E-state index contributed by atoms with van der Waals surface area (Å²) >= 11 is 0. The maximum atomic E-state index is 12.6. The molecule has 1 aromatic carbocycles. The Morgan fingerprint density at radius 1 is 1.07 bits per heavy atom. The van der Waals surface area contributed by atoms with Gasteiger partial charge >= 0.3 is 0 Å². The number of rotatable bonds is 10. The average molecular weight is 385 g/mol. The molecule has 1 aromatic heterocycles. The van der Waals surface area contributed by atoms with E-state index in [9.17, 15) is 4.79 Å². The lowest BCUT2D eigenvalue weighted by molar-refractivity contribution is 0.102. The van der Waals surface area contributed by atoms with Crippen LogP contribution in [0.4, 0.5) is 17.3 Å². The van der Waals surface area contributed by atoms with E-state index in [0.717, 1.165) is 49.7 Å². The predicted molar refractivity (Wildman–Crippen MR) is 116 cm³/mol. The molecule has 0 aliphatic carbocycles. The monoisotopic (exact) mass is 384 g/mol. The quantitative estimate of drug-likeness (QED) is 0.613. The molecule has 2 N–H and O–H groups in total. The third-order valence-corrected chi connectivity index (χ3v) is 4.41. The molecule has 1 amide bonds. The standard InChI is InChI=1S/C21H32N6O/c1-6-27(7-2)18-11-9-17(10-12-18)24-20(28)19-15-16(3)23-21(25-19)22-13-8-14-26(4)5/h9-12,15H,6-8,13-14H2,1-5H3,(H,24,28)(H,22,23,25). The SMILES string of the molecule is CCN(CC)c1ccc(NC(=O)c2cc(C)nc(NCCCN(C)C)n2)cc1. The number of benzene rings is 1. The van der Waals surface area contributed by atoms with Gasteiger partial charge in [0.05, 0.1) is 0 Å². The largest absolute Gasteiger partial charge is 0.372 e. The lowest BCUT2D eigenvalue weighted by Gasteiger charge is -2.21. The second kappa shape index (κ2) is 10.6. The Hall–Kier alpha value is -2.67. The average Bonchev–Trinajstić information content (AvgIpc) is 2.67. The van der Waals surface area contributed by atoms with Crippen LogP contribution in [0.25, 0.3) is 0 Å². The van der Waals surface area contributed by atoms with Crippen LogP contribution in [0.15, 0.2) is 30.3 Å². The van der Waals surface area contributed by atoms with E-state index in [-0.39, 0.29) is 5.91 Å². The highest BCUT2D eigenvalue weighted by molar-refractivity contribution is 6.03. The molecule has 0 spiro atoms. The van der Waals surface area contributed by atoms with E-state index in [1.165, 1.54) is 0 Å². The fraction of sp³-hybridized carbons (Fsp3) is 0.476. The molecule has 0 fully saturated rings. The molecule has 0 saturated carbocycles. The van der Waals surface area contributed by atoms with Crippen molar-refractivity contribution in [1.82, 2.24) is 14.9 Å². The van der Waals surface area contributed by atoms with Gasteiger partial charge < -0.3 is 20.4 Å². The summed E-state index contributed by atoms with van der Waals surface area (Å²) in [5.74, 6) is 0.248. The van der Waals surface area contributed by atoms with Gasteiger partial charge in [-0.15, -0.1) is 0 Å². The predicted octanol–water partition coefficient (Wildman–Crippen LogP) is 3.25. The Balaban J connectivity index is 2.01. The van der Waals surface area contributed by atoms with Crippen LogP contribution >= 0.6 is 0 Å². The highest BCUT2D eigenvalue weighted by atomic mass is 16.1. The zero-order valence-corrected chi connectivity index (χ0v) is 17.6. The van der Waals surface area contributed by atoms with Crippen LogP contribution in [0.1, 0.15) is 36.5 Å². The summed E-state index contributed by atoms with van der Waals surface area (Å²) in [5.41, 5.74) is 3.00. The molecular weight excluding hydrogens is 352 g/mol. The van der Waals surface area contributed by atoms with Crippen LogP contribution in [-0.2, 0) is 0 Å².